The first kappa shape index (κ1) is 22.4. The Kier molecular flexibility index (Phi) is 6.76. The average Bonchev–Trinajstić information content (AvgIpc) is 3.46. The maximum Gasteiger partial charge on any atom is 0.319 e. The van der Waals surface area contributed by atoms with E-state index in [4.69, 9.17) is 0 Å². The Morgan fingerprint density at radius 1 is 1.06 bits per heavy atom. The number of likely N-dealkylation sites (tertiary alicyclic amines) is 2. The van der Waals surface area contributed by atoms with Crippen LogP contribution in [0.25, 0.3) is 0 Å². The summed E-state index contributed by atoms with van der Waals surface area (Å²) in [4.78, 5) is 30.8. The molecule has 2 aliphatic heterocycles. The molecule has 4 aliphatic rings. The molecular formula is C24H39N5O2. The number of nitrogens with zero attached hydrogens (tertiary/aromatic N) is 4. The lowest BCUT2D eigenvalue weighted by Crippen LogP contribution is -2.51. The van der Waals surface area contributed by atoms with Gasteiger partial charge < -0.3 is 20.0 Å². The van der Waals surface area contributed by atoms with Gasteiger partial charge in [0.15, 0.2) is 0 Å². The highest BCUT2D eigenvalue weighted by Gasteiger charge is 2.50. The summed E-state index contributed by atoms with van der Waals surface area (Å²) >= 11 is 0. The first-order chi connectivity index (χ1) is 14.9. The van der Waals surface area contributed by atoms with E-state index in [-0.39, 0.29) is 23.5 Å². The van der Waals surface area contributed by atoms with Crippen molar-refractivity contribution in [2.45, 2.75) is 75.8 Å². The van der Waals surface area contributed by atoms with E-state index in [0.29, 0.717) is 24.9 Å². The van der Waals surface area contributed by atoms with Crippen molar-refractivity contribution in [1.82, 2.24) is 20.0 Å². The van der Waals surface area contributed by atoms with Gasteiger partial charge in [0.25, 0.3) is 0 Å². The summed E-state index contributed by atoms with van der Waals surface area (Å²) in [5.74, 6) is 1.87. The number of nitrogens with one attached hydrogen (secondary N) is 1. The standard InChI is InChI=1S/C24H39N5O2/c1-27(2)23(31)28-16-19-12-24(13-20(19)17-28,11-18-7-4-3-5-8-18)26-15-22(30)29-10-6-9-21(29)14-25/h18-21,26H,3-13,15-17H2,1-2H3. The Bertz CT molecular complexity index is 697. The summed E-state index contributed by atoms with van der Waals surface area (Å²) in [5, 5.41) is 13.1. The summed E-state index contributed by atoms with van der Waals surface area (Å²) in [6.07, 6.45) is 11.6. The van der Waals surface area contributed by atoms with Crippen molar-refractivity contribution in [3.63, 3.8) is 0 Å². The Morgan fingerprint density at radius 2 is 1.74 bits per heavy atom. The van der Waals surface area contributed by atoms with Crippen molar-refractivity contribution in [2.24, 2.45) is 17.8 Å². The second kappa shape index (κ2) is 9.36. The summed E-state index contributed by atoms with van der Waals surface area (Å²) in [7, 11) is 3.65. The van der Waals surface area contributed by atoms with Gasteiger partial charge in [-0.2, -0.15) is 5.26 Å². The van der Waals surface area contributed by atoms with Gasteiger partial charge in [-0.1, -0.05) is 32.1 Å². The van der Waals surface area contributed by atoms with Gasteiger partial charge in [-0.3, -0.25) is 4.79 Å². The lowest BCUT2D eigenvalue weighted by atomic mass is 9.77. The van der Waals surface area contributed by atoms with Gasteiger partial charge in [0.2, 0.25) is 5.91 Å². The zero-order valence-corrected chi connectivity index (χ0v) is 19.3. The van der Waals surface area contributed by atoms with E-state index in [1.54, 1.807) is 9.80 Å². The van der Waals surface area contributed by atoms with Gasteiger partial charge in [0, 0.05) is 39.3 Å². The average molecular weight is 430 g/mol. The van der Waals surface area contributed by atoms with E-state index < -0.39 is 0 Å². The fourth-order valence-electron chi connectivity index (χ4n) is 6.82. The maximum absolute atomic E-state index is 12.9. The van der Waals surface area contributed by atoms with E-state index in [0.717, 1.165) is 51.1 Å². The Labute approximate surface area is 187 Å². The largest absolute Gasteiger partial charge is 0.331 e. The van der Waals surface area contributed by atoms with E-state index in [1.165, 1.54) is 32.1 Å². The molecule has 0 bridgehead atoms. The van der Waals surface area contributed by atoms with Crippen molar-refractivity contribution in [3.8, 4) is 6.07 Å². The van der Waals surface area contributed by atoms with Crippen molar-refractivity contribution >= 4 is 11.9 Å². The fraction of sp³-hybridized carbons (Fsp3) is 0.875. The number of hydrogen-bond acceptors (Lipinski definition) is 4. The highest BCUT2D eigenvalue weighted by atomic mass is 16.2. The zero-order valence-electron chi connectivity index (χ0n) is 19.3. The number of nitriles is 1. The van der Waals surface area contributed by atoms with Crippen LogP contribution in [0.2, 0.25) is 0 Å². The number of fused-ring (bicyclic) bond motifs is 1. The van der Waals surface area contributed by atoms with Crippen LogP contribution in [0.1, 0.15) is 64.2 Å². The minimum atomic E-state index is -0.253. The van der Waals surface area contributed by atoms with Crippen LogP contribution in [-0.2, 0) is 4.79 Å². The molecule has 0 aromatic heterocycles. The molecule has 2 saturated heterocycles. The molecule has 4 fully saturated rings. The highest BCUT2D eigenvalue weighted by Crippen LogP contribution is 2.48. The molecule has 3 atom stereocenters. The third-order valence-electron chi connectivity index (χ3n) is 8.28. The number of urea groups is 1. The number of hydrogen-bond donors (Lipinski definition) is 1. The molecule has 0 aromatic carbocycles. The number of carbonyl (C=O) groups is 2. The molecule has 2 heterocycles. The number of rotatable bonds is 5. The van der Waals surface area contributed by atoms with Gasteiger partial charge in [-0.05, 0) is 49.9 Å². The number of carbonyl (C=O) groups excluding carboxylic acids is 2. The minimum absolute atomic E-state index is 0.00210. The van der Waals surface area contributed by atoms with Gasteiger partial charge >= 0.3 is 6.03 Å². The van der Waals surface area contributed by atoms with E-state index in [2.05, 4.69) is 11.4 Å². The van der Waals surface area contributed by atoms with Crippen LogP contribution >= 0.6 is 0 Å². The quantitative estimate of drug-likeness (QED) is 0.729. The van der Waals surface area contributed by atoms with Crippen molar-refractivity contribution < 1.29 is 9.59 Å². The predicted octanol–water partition coefficient (Wildman–Crippen LogP) is 2.82. The van der Waals surface area contributed by atoms with Gasteiger partial charge in [0.05, 0.1) is 12.6 Å². The summed E-state index contributed by atoms with van der Waals surface area (Å²) in [6.45, 7) is 2.73. The molecule has 0 spiro atoms. The minimum Gasteiger partial charge on any atom is -0.331 e. The summed E-state index contributed by atoms with van der Waals surface area (Å²) in [6, 6.07) is 2.16. The lowest BCUT2D eigenvalue weighted by Gasteiger charge is -2.38. The normalized spacial score (nSPS) is 33.4. The van der Waals surface area contributed by atoms with E-state index in [1.807, 2.05) is 19.0 Å². The van der Waals surface area contributed by atoms with Gasteiger partial charge in [-0.25, -0.2) is 4.79 Å². The molecule has 2 saturated carbocycles. The van der Waals surface area contributed by atoms with Crippen LogP contribution in [0.3, 0.4) is 0 Å². The Balaban J connectivity index is 1.41. The molecular weight excluding hydrogens is 390 g/mol. The molecule has 3 amide bonds. The molecule has 3 unspecified atom stereocenters. The van der Waals surface area contributed by atoms with Crippen molar-refractivity contribution in [2.75, 3.05) is 40.3 Å². The SMILES string of the molecule is CN(C)C(=O)N1CC2CC(CC3CCCCC3)(NCC(=O)N3CCCC3C#N)CC2C1. The molecule has 4 rings (SSSR count). The third-order valence-corrected chi connectivity index (χ3v) is 8.28. The monoisotopic (exact) mass is 429 g/mol. The summed E-state index contributed by atoms with van der Waals surface area (Å²) < 4.78 is 0. The van der Waals surface area contributed by atoms with Crippen LogP contribution in [0.15, 0.2) is 0 Å². The van der Waals surface area contributed by atoms with E-state index in [9.17, 15) is 14.9 Å². The molecule has 7 nitrogen and oxygen atoms in total. The summed E-state index contributed by atoms with van der Waals surface area (Å²) in [5.41, 5.74) is 0.00210. The molecule has 0 aromatic rings. The Hall–Kier alpha value is -1.81. The Morgan fingerprint density at radius 3 is 2.35 bits per heavy atom. The molecule has 2 aliphatic carbocycles. The topological polar surface area (TPSA) is 79.7 Å². The van der Waals surface area contributed by atoms with Gasteiger partial charge in [0.1, 0.15) is 6.04 Å². The van der Waals surface area contributed by atoms with Crippen LogP contribution < -0.4 is 5.32 Å². The highest BCUT2D eigenvalue weighted by molar-refractivity contribution is 5.79. The smallest absolute Gasteiger partial charge is 0.319 e. The van der Waals surface area contributed by atoms with Crippen LogP contribution in [-0.4, -0.2) is 78.5 Å². The molecule has 7 heteroatoms. The second-order valence-electron chi connectivity index (χ2n) is 10.7. The van der Waals surface area contributed by atoms with Crippen molar-refractivity contribution in [3.05, 3.63) is 0 Å². The second-order valence-corrected chi connectivity index (χ2v) is 10.7. The first-order valence-corrected chi connectivity index (χ1v) is 12.3. The van der Waals surface area contributed by atoms with E-state index >= 15 is 0 Å². The third kappa shape index (κ3) is 4.84. The van der Waals surface area contributed by atoms with Crippen LogP contribution in [0.4, 0.5) is 4.79 Å². The number of amides is 3. The van der Waals surface area contributed by atoms with Gasteiger partial charge in [-0.15, -0.1) is 0 Å². The predicted molar refractivity (Wildman–Crippen MR) is 119 cm³/mol. The molecule has 31 heavy (non-hydrogen) atoms. The maximum atomic E-state index is 12.9. The zero-order chi connectivity index (χ0) is 22.0. The first-order valence-electron chi connectivity index (χ1n) is 12.3. The molecule has 1 N–H and O–H groups in total. The lowest BCUT2D eigenvalue weighted by molar-refractivity contribution is -0.130. The van der Waals surface area contributed by atoms with Crippen molar-refractivity contribution in [1.29, 1.82) is 5.26 Å². The molecule has 0 radical (unpaired) electrons. The fourth-order valence-corrected chi connectivity index (χ4v) is 6.82. The van der Waals surface area contributed by atoms with Crippen LogP contribution in [0.5, 0.6) is 0 Å². The van der Waals surface area contributed by atoms with Crippen LogP contribution in [0, 0.1) is 29.1 Å². The molecule has 172 valence electrons.